The van der Waals surface area contributed by atoms with E-state index in [-0.39, 0.29) is 37.4 Å². The molecule has 4 aliphatic rings. The Hall–Kier alpha value is -0.930. The molecule has 2 N–H and O–H groups in total. The van der Waals surface area contributed by atoms with Gasteiger partial charge in [-0.1, -0.05) is 27.7 Å². The Kier molecular flexibility index (Phi) is 5.38. The van der Waals surface area contributed by atoms with E-state index in [0.29, 0.717) is 12.0 Å². The highest BCUT2D eigenvalue weighted by atomic mass is 32.2. The molecular formula is C24H36O7S. The van der Waals surface area contributed by atoms with Crippen LogP contribution >= 0.6 is 12.0 Å². The predicted octanol–water partition coefficient (Wildman–Crippen LogP) is 2.82. The molecule has 3 aliphatic carbocycles. The average Bonchev–Trinajstić information content (AvgIpc) is 2.70. The topological polar surface area (TPSA) is 102 Å². The Bertz CT molecular complexity index is 890. The Labute approximate surface area is 195 Å². The van der Waals surface area contributed by atoms with Gasteiger partial charge < -0.3 is 23.9 Å². The molecule has 2 bridgehead atoms. The first-order chi connectivity index (χ1) is 15.2. The predicted molar refractivity (Wildman–Crippen MR) is 120 cm³/mol. The second kappa shape index (κ2) is 7.54. The summed E-state index contributed by atoms with van der Waals surface area (Å²) < 4.78 is 24.9. The SMILES string of the molecule is [3H]CSO[C@H]1C[C@@]2(O)C(OC(C)=O)C3[C@](C)(CC(=O)C(=C1C)C2(C)C)[C@@H](C)C[C@H]1OC[C@@]31O. The van der Waals surface area contributed by atoms with Gasteiger partial charge in [-0.2, -0.15) is 0 Å². The number of aliphatic hydroxyl groups is 2. The molecule has 0 amide bonds. The number of esters is 1. The first kappa shape index (κ1) is 22.8. The number of ketones is 1. The maximum absolute atomic E-state index is 13.9. The van der Waals surface area contributed by atoms with Crippen LogP contribution in [0.2, 0.25) is 0 Å². The number of rotatable bonds is 3. The van der Waals surface area contributed by atoms with E-state index in [1.165, 1.54) is 6.92 Å². The van der Waals surface area contributed by atoms with Crippen molar-refractivity contribution >= 4 is 23.8 Å². The minimum absolute atomic E-state index is 0.00700. The third-order valence-electron chi connectivity index (χ3n) is 9.17. The molecule has 1 saturated heterocycles. The van der Waals surface area contributed by atoms with Crippen LogP contribution in [0, 0.1) is 22.7 Å². The fourth-order valence-corrected chi connectivity index (χ4v) is 7.51. The lowest BCUT2D eigenvalue weighted by molar-refractivity contribution is -0.342. The molecule has 7 nitrogen and oxygen atoms in total. The van der Waals surface area contributed by atoms with Crippen LogP contribution in [0.4, 0.5) is 0 Å². The molecule has 2 saturated carbocycles. The number of carbonyl (C=O) groups excluding carboxylic acids is 2. The highest BCUT2D eigenvalue weighted by Gasteiger charge is 2.73. The Morgan fingerprint density at radius 1 is 1.31 bits per heavy atom. The Morgan fingerprint density at radius 2 is 2.00 bits per heavy atom. The maximum Gasteiger partial charge on any atom is 0.303 e. The minimum Gasteiger partial charge on any atom is -0.459 e. The molecule has 0 radical (unpaired) electrons. The van der Waals surface area contributed by atoms with Gasteiger partial charge in [0.05, 0.1) is 18.8 Å². The van der Waals surface area contributed by atoms with E-state index in [4.69, 9.17) is 15.0 Å². The quantitative estimate of drug-likeness (QED) is 0.480. The fraction of sp³-hybridized carbons (Fsp3) is 0.833. The first-order valence-corrected chi connectivity index (χ1v) is 12.2. The van der Waals surface area contributed by atoms with Gasteiger partial charge in [0.15, 0.2) is 5.78 Å². The van der Waals surface area contributed by atoms with Gasteiger partial charge >= 0.3 is 5.97 Å². The monoisotopic (exact) mass is 470 g/mol. The summed E-state index contributed by atoms with van der Waals surface area (Å²) in [6, 6.07) is 0. The van der Waals surface area contributed by atoms with E-state index in [1.54, 1.807) is 0 Å². The highest BCUT2D eigenvalue weighted by Crippen LogP contribution is 2.64. The average molecular weight is 471 g/mol. The van der Waals surface area contributed by atoms with Crippen molar-refractivity contribution < 1.29 is 34.8 Å². The lowest BCUT2D eigenvalue weighted by atomic mass is 9.44. The second-order valence-electron chi connectivity index (χ2n) is 11.1. The van der Waals surface area contributed by atoms with Crippen molar-refractivity contribution in [3.8, 4) is 0 Å². The maximum atomic E-state index is 13.9. The van der Waals surface area contributed by atoms with Crippen LogP contribution in [0.15, 0.2) is 11.1 Å². The Morgan fingerprint density at radius 3 is 2.56 bits per heavy atom. The van der Waals surface area contributed by atoms with Gasteiger partial charge in [-0.25, -0.2) is 0 Å². The van der Waals surface area contributed by atoms with Gasteiger partial charge in [0.25, 0.3) is 0 Å². The van der Waals surface area contributed by atoms with Crippen LogP contribution in [-0.4, -0.2) is 64.3 Å². The molecule has 3 fully saturated rings. The second-order valence-corrected chi connectivity index (χ2v) is 11.5. The summed E-state index contributed by atoms with van der Waals surface area (Å²) in [6.07, 6.45) is -1.32. The largest absolute Gasteiger partial charge is 0.459 e. The summed E-state index contributed by atoms with van der Waals surface area (Å²) >= 11 is 0.951. The molecular weight excluding hydrogens is 432 g/mol. The molecule has 180 valence electrons. The number of ether oxygens (including phenoxy) is 2. The molecule has 8 heteroatoms. The van der Waals surface area contributed by atoms with Crippen molar-refractivity contribution in [1.82, 2.24) is 0 Å². The highest BCUT2D eigenvalue weighted by molar-refractivity contribution is 7.93. The van der Waals surface area contributed by atoms with Crippen LogP contribution in [0.5, 0.6) is 0 Å². The number of hydrogen-bond donors (Lipinski definition) is 2. The van der Waals surface area contributed by atoms with Crippen LogP contribution in [0.1, 0.15) is 62.2 Å². The molecule has 2 unspecified atom stereocenters. The van der Waals surface area contributed by atoms with Crippen LogP contribution in [-0.2, 0) is 23.2 Å². The van der Waals surface area contributed by atoms with Gasteiger partial charge in [-0.05, 0) is 42.3 Å². The van der Waals surface area contributed by atoms with E-state index in [9.17, 15) is 19.8 Å². The van der Waals surface area contributed by atoms with Crippen molar-refractivity contribution in [2.45, 2.75) is 90.3 Å². The number of fused-ring (bicyclic) bond motifs is 5. The van der Waals surface area contributed by atoms with Crippen LogP contribution in [0.25, 0.3) is 0 Å². The van der Waals surface area contributed by atoms with E-state index in [1.807, 2.05) is 34.6 Å². The van der Waals surface area contributed by atoms with Gasteiger partial charge in [0.1, 0.15) is 17.3 Å². The number of hydrogen-bond acceptors (Lipinski definition) is 8. The molecule has 0 aromatic heterocycles. The minimum atomic E-state index is -1.68. The lowest BCUT2D eigenvalue weighted by Gasteiger charge is -2.67. The van der Waals surface area contributed by atoms with Gasteiger partial charge in [0.2, 0.25) is 0 Å². The zero-order valence-corrected chi connectivity index (χ0v) is 20.6. The third-order valence-corrected chi connectivity index (χ3v) is 9.54. The van der Waals surface area contributed by atoms with Crippen molar-refractivity contribution in [3.63, 3.8) is 0 Å². The summed E-state index contributed by atoms with van der Waals surface area (Å²) in [5, 5.41) is 24.3. The van der Waals surface area contributed by atoms with Crippen molar-refractivity contribution in [2.75, 3.05) is 12.8 Å². The van der Waals surface area contributed by atoms with Gasteiger partial charge in [-0.15, -0.1) is 0 Å². The molecule has 1 aliphatic heterocycles. The molecule has 4 rings (SSSR count). The zero-order chi connectivity index (χ0) is 24.6. The fourth-order valence-electron chi connectivity index (χ4n) is 7.14. The third kappa shape index (κ3) is 3.02. The van der Waals surface area contributed by atoms with Crippen LogP contribution < -0.4 is 0 Å². The molecule has 0 aromatic rings. The summed E-state index contributed by atoms with van der Waals surface area (Å²) in [7, 11) is 0. The Balaban J connectivity index is 1.97. The molecule has 0 spiro atoms. The molecule has 0 aromatic carbocycles. The molecule has 1 heterocycles. The first-order valence-electron chi connectivity index (χ1n) is 12.0. The van der Waals surface area contributed by atoms with Gasteiger partial charge in [0, 0.05) is 44.3 Å². The molecule has 8 atom stereocenters. The summed E-state index contributed by atoms with van der Waals surface area (Å²) in [6.45, 7) is 10.8. The standard InChI is InChI=1S/C24H36O7S/c1-12-8-17-23(27,11-29-17)19-20(30-14(3)25)24(28)10-16(31-32-7)13(2)18(21(24,4)5)15(26)9-22(12,19)6/h12,16-17,19-20,27-28H,8-11H2,1-7H3/t12-,16-,17+,19?,20?,22+,23-,24+/m0/s1/i7T. The van der Waals surface area contributed by atoms with Crippen molar-refractivity contribution in [2.24, 2.45) is 22.7 Å². The summed E-state index contributed by atoms with van der Waals surface area (Å²) in [5.74, 6) is -1.34. The molecule has 32 heavy (non-hydrogen) atoms. The number of carbonyl (C=O) groups is 2. The van der Waals surface area contributed by atoms with E-state index >= 15 is 0 Å². The van der Waals surface area contributed by atoms with E-state index < -0.39 is 52.2 Å². The zero-order valence-electron chi connectivity index (χ0n) is 20.8. The summed E-state index contributed by atoms with van der Waals surface area (Å²) in [4.78, 5) is 26.3. The van der Waals surface area contributed by atoms with Crippen molar-refractivity contribution in [3.05, 3.63) is 11.1 Å². The normalized spacial score (nSPS) is 47.9. The lowest BCUT2D eigenvalue weighted by Crippen LogP contribution is -2.78. The van der Waals surface area contributed by atoms with E-state index in [0.717, 1.165) is 17.6 Å². The number of Topliss-reactive ketones (excluding diaryl/α,β-unsaturated/α-hetero) is 1. The summed E-state index contributed by atoms with van der Waals surface area (Å²) in [5.41, 5.74) is -3.53. The van der Waals surface area contributed by atoms with E-state index in [2.05, 4.69) is 0 Å². The smallest absolute Gasteiger partial charge is 0.303 e. The van der Waals surface area contributed by atoms with Crippen LogP contribution in [0.3, 0.4) is 0 Å². The van der Waals surface area contributed by atoms with Crippen molar-refractivity contribution in [1.29, 1.82) is 0 Å². The van der Waals surface area contributed by atoms with Gasteiger partial charge in [-0.3, -0.25) is 9.59 Å².